The minimum absolute atomic E-state index is 0.0143. The van der Waals surface area contributed by atoms with Gasteiger partial charge in [0.25, 0.3) is 11.6 Å². The number of carbonyl (C=O) groups excluding carboxylic acids is 1. The molecule has 1 saturated carbocycles. The Bertz CT molecular complexity index is 516. The van der Waals surface area contributed by atoms with Gasteiger partial charge in [-0.05, 0) is 30.9 Å². The molecule has 1 fully saturated rings. The first-order chi connectivity index (χ1) is 8.99. The van der Waals surface area contributed by atoms with Crippen LogP contribution in [-0.2, 0) is 0 Å². The van der Waals surface area contributed by atoms with E-state index in [9.17, 15) is 20.0 Å². The van der Waals surface area contributed by atoms with Crippen LogP contribution in [0.25, 0.3) is 0 Å². The molecule has 1 aliphatic carbocycles. The van der Waals surface area contributed by atoms with Crippen LogP contribution in [0.4, 0.5) is 5.69 Å². The van der Waals surface area contributed by atoms with E-state index in [-0.39, 0.29) is 28.7 Å². The number of hydrogen-bond donors (Lipinski definition) is 2. The molecule has 1 aromatic rings. The number of nitrogens with zero attached hydrogens (tertiary/aromatic N) is 1. The van der Waals surface area contributed by atoms with E-state index in [1.54, 1.807) is 0 Å². The van der Waals surface area contributed by atoms with Crippen LogP contribution in [0, 0.1) is 16.0 Å². The van der Waals surface area contributed by atoms with Gasteiger partial charge < -0.3 is 10.4 Å². The standard InChI is InChI=1S/C12H13ClN2O4/c13-9-4-3-8(5-10(9)15(18)19)12(17)14-6-11(16)7-1-2-7/h3-5,7,11,16H,1-2,6H2,(H,14,17). The van der Waals surface area contributed by atoms with Crippen LogP contribution < -0.4 is 5.32 Å². The zero-order chi connectivity index (χ0) is 14.0. The Labute approximate surface area is 114 Å². The molecule has 6 nitrogen and oxygen atoms in total. The van der Waals surface area contributed by atoms with Crippen LogP contribution in [0.15, 0.2) is 18.2 Å². The quantitative estimate of drug-likeness (QED) is 0.636. The Morgan fingerprint density at radius 2 is 2.26 bits per heavy atom. The number of hydrogen-bond acceptors (Lipinski definition) is 4. The summed E-state index contributed by atoms with van der Waals surface area (Å²) in [6.45, 7) is 0.153. The monoisotopic (exact) mass is 284 g/mol. The van der Waals surface area contributed by atoms with Crippen molar-refractivity contribution in [3.63, 3.8) is 0 Å². The van der Waals surface area contributed by atoms with Crippen molar-refractivity contribution < 1.29 is 14.8 Å². The highest BCUT2D eigenvalue weighted by atomic mass is 35.5. The molecule has 0 radical (unpaired) electrons. The predicted molar refractivity (Wildman–Crippen MR) is 69.2 cm³/mol. The SMILES string of the molecule is O=C(NCC(O)C1CC1)c1ccc(Cl)c([N+](=O)[O-])c1. The summed E-state index contributed by atoms with van der Waals surface area (Å²) >= 11 is 5.66. The average Bonchev–Trinajstić information content (AvgIpc) is 3.20. The maximum atomic E-state index is 11.8. The summed E-state index contributed by atoms with van der Waals surface area (Å²) in [5, 5.41) is 22.9. The van der Waals surface area contributed by atoms with E-state index < -0.39 is 16.9 Å². The highest BCUT2D eigenvalue weighted by molar-refractivity contribution is 6.32. The van der Waals surface area contributed by atoms with Gasteiger partial charge >= 0.3 is 0 Å². The van der Waals surface area contributed by atoms with Crippen LogP contribution in [0.5, 0.6) is 0 Å². The molecule has 102 valence electrons. The van der Waals surface area contributed by atoms with Crippen LogP contribution in [0.2, 0.25) is 5.02 Å². The Hall–Kier alpha value is -1.66. The molecule has 1 amide bonds. The molecule has 0 aromatic heterocycles. The second-order valence-electron chi connectivity index (χ2n) is 4.54. The molecule has 2 rings (SSSR count). The number of benzene rings is 1. The lowest BCUT2D eigenvalue weighted by Crippen LogP contribution is -2.33. The summed E-state index contributed by atoms with van der Waals surface area (Å²) in [7, 11) is 0. The molecule has 0 heterocycles. The van der Waals surface area contributed by atoms with Gasteiger partial charge in [0.05, 0.1) is 11.0 Å². The summed E-state index contributed by atoms with van der Waals surface area (Å²) < 4.78 is 0. The van der Waals surface area contributed by atoms with Crippen LogP contribution in [-0.4, -0.2) is 28.6 Å². The maximum absolute atomic E-state index is 11.8. The second kappa shape index (κ2) is 5.54. The number of rotatable bonds is 5. The van der Waals surface area contributed by atoms with Gasteiger partial charge in [-0.1, -0.05) is 11.6 Å². The summed E-state index contributed by atoms with van der Waals surface area (Å²) in [5.41, 5.74) is -0.156. The Kier molecular flexibility index (Phi) is 4.01. The van der Waals surface area contributed by atoms with Crippen molar-refractivity contribution in [3.8, 4) is 0 Å². The molecule has 1 atom stereocenters. The third kappa shape index (κ3) is 3.42. The fourth-order valence-electron chi connectivity index (χ4n) is 1.74. The lowest BCUT2D eigenvalue weighted by Gasteiger charge is -2.10. The molecule has 1 aliphatic rings. The first kappa shape index (κ1) is 13.8. The van der Waals surface area contributed by atoms with Gasteiger partial charge in [-0.15, -0.1) is 0 Å². The number of nitrogens with one attached hydrogen (secondary N) is 1. The van der Waals surface area contributed by atoms with Crippen molar-refractivity contribution in [1.29, 1.82) is 0 Å². The van der Waals surface area contributed by atoms with Gasteiger partial charge in [0.1, 0.15) is 5.02 Å². The van der Waals surface area contributed by atoms with Crippen molar-refractivity contribution in [3.05, 3.63) is 38.9 Å². The van der Waals surface area contributed by atoms with E-state index in [2.05, 4.69) is 5.32 Å². The number of aliphatic hydroxyl groups excluding tert-OH is 1. The normalized spacial score (nSPS) is 15.9. The molecule has 0 bridgehead atoms. The fourth-order valence-corrected chi connectivity index (χ4v) is 1.93. The van der Waals surface area contributed by atoms with Crippen molar-refractivity contribution >= 4 is 23.2 Å². The Morgan fingerprint density at radius 3 is 2.84 bits per heavy atom. The van der Waals surface area contributed by atoms with E-state index in [0.717, 1.165) is 18.9 Å². The van der Waals surface area contributed by atoms with Crippen LogP contribution in [0.1, 0.15) is 23.2 Å². The molecule has 7 heteroatoms. The lowest BCUT2D eigenvalue weighted by molar-refractivity contribution is -0.384. The summed E-state index contributed by atoms with van der Waals surface area (Å²) in [5.74, 6) is -0.195. The Morgan fingerprint density at radius 1 is 1.58 bits per heavy atom. The summed E-state index contributed by atoms with van der Waals surface area (Å²) in [6, 6.07) is 3.85. The minimum atomic E-state index is -0.641. The molecular formula is C12H13ClN2O4. The topological polar surface area (TPSA) is 92.5 Å². The Balaban J connectivity index is 2.02. The zero-order valence-corrected chi connectivity index (χ0v) is 10.8. The highest BCUT2D eigenvalue weighted by Crippen LogP contribution is 2.32. The lowest BCUT2D eigenvalue weighted by atomic mass is 10.1. The molecule has 19 heavy (non-hydrogen) atoms. The van der Waals surface area contributed by atoms with Gasteiger partial charge in [-0.2, -0.15) is 0 Å². The molecule has 1 aromatic carbocycles. The number of carbonyl (C=O) groups is 1. The van der Waals surface area contributed by atoms with E-state index in [0.29, 0.717) is 0 Å². The van der Waals surface area contributed by atoms with Crippen molar-refractivity contribution in [2.24, 2.45) is 5.92 Å². The number of nitro groups is 1. The predicted octanol–water partition coefficient (Wildman–Crippen LogP) is 1.75. The number of halogens is 1. The van der Waals surface area contributed by atoms with Crippen molar-refractivity contribution in [2.45, 2.75) is 18.9 Å². The number of nitro benzene ring substituents is 1. The summed E-state index contributed by atoms with van der Waals surface area (Å²) in [6.07, 6.45) is 1.40. The van der Waals surface area contributed by atoms with E-state index >= 15 is 0 Å². The smallest absolute Gasteiger partial charge is 0.288 e. The average molecular weight is 285 g/mol. The second-order valence-corrected chi connectivity index (χ2v) is 4.95. The number of amides is 1. The molecule has 0 aliphatic heterocycles. The largest absolute Gasteiger partial charge is 0.391 e. The maximum Gasteiger partial charge on any atom is 0.288 e. The number of aliphatic hydroxyl groups is 1. The minimum Gasteiger partial charge on any atom is -0.391 e. The third-order valence-electron chi connectivity index (χ3n) is 3.04. The highest BCUT2D eigenvalue weighted by Gasteiger charge is 2.29. The van der Waals surface area contributed by atoms with Gasteiger partial charge in [-0.25, -0.2) is 0 Å². The van der Waals surface area contributed by atoms with Crippen LogP contribution in [0.3, 0.4) is 0 Å². The molecular weight excluding hydrogens is 272 g/mol. The summed E-state index contributed by atoms with van der Waals surface area (Å²) in [4.78, 5) is 21.9. The molecule has 0 spiro atoms. The van der Waals surface area contributed by atoms with Gasteiger partial charge in [0.2, 0.25) is 0 Å². The zero-order valence-electron chi connectivity index (χ0n) is 10.0. The van der Waals surface area contributed by atoms with Gasteiger partial charge in [-0.3, -0.25) is 14.9 Å². The fraction of sp³-hybridized carbons (Fsp3) is 0.417. The first-order valence-electron chi connectivity index (χ1n) is 5.89. The van der Waals surface area contributed by atoms with E-state index in [1.165, 1.54) is 12.1 Å². The van der Waals surface area contributed by atoms with Gasteiger partial charge in [0.15, 0.2) is 0 Å². The van der Waals surface area contributed by atoms with E-state index in [1.807, 2.05) is 0 Å². The van der Waals surface area contributed by atoms with Gasteiger partial charge in [0, 0.05) is 18.2 Å². The van der Waals surface area contributed by atoms with Crippen molar-refractivity contribution in [2.75, 3.05) is 6.54 Å². The van der Waals surface area contributed by atoms with Crippen LogP contribution >= 0.6 is 11.6 Å². The molecule has 0 saturated heterocycles. The van der Waals surface area contributed by atoms with E-state index in [4.69, 9.17) is 11.6 Å². The van der Waals surface area contributed by atoms with Crippen molar-refractivity contribution in [1.82, 2.24) is 5.32 Å². The molecule has 2 N–H and O–H groups in total. The molecule has 1 unspecified atom stereocenters. The third-order valence-corrected chi connectivity index (χ3v) is 3.36. The first-order valence-corrected chi connectivity index (χ1v) is 6.27.